The van der Waals surface area contributed by atoms with Gasteiger partial charge in [-0.2, -0.15) is 0 Å². The highest BCUT2D eigenvalue weighted by atomic mass is 32.2. The van der Waals surface area contributed by atoms with Crippen molar-refractivity contribution in [1.29, 1.82) is 0 Å². The highest BCUT2D eigenvalue weighted by Gasteiger charge is 2.32. The Bertz CT molecular complexity index is 1400. The molecular formula is C23H22F4N4O3S. The molecule has 0 radical (unpaired) electrons. The minimum atomic E-state index is -3.85. The van der Waals surface area contributed by atoms with Gasteiger partial charge in [-0.25, -0.2) is 35.7 Å². The molecule has 2 aromatic carbocycles. The van der Waals surface area contributed by atoms with E-state index in [1.54, 1.807) is 4.90 Å². The fourth-order valence-corrected chi connectivity index (χ4v) is 4.67. The van der Waals surface area contributed by atoms with E-state index in [4.69, 9.17) is 0 Å². The number of amides is 1. The first-order valence-corrected chi connectivity index (χ1v) is 12.2. The molecule has 35 heavy (non-hydrogen) atoms. The molecule has 1 aliphatic rings. The molecule has 0 spiro atoms. The summed E-state index contributed by atoms with van der Waals surface area (Å²) in [4.78, 5) is 18.5. The molecule has 0 atom stereocenters. The van der Waals surface area contributed by atoms with E-state index in [9.17, 15) is 30.8 Å². The van der Waals surface area contributed by atoms with E-state index in [-0.39, 0.29) is 53.0 Å². The molecule has 4 rings (SSSR count). The monoisotopic (exact) mass is 510 g/mol. The predicted molar refractivity (Wildman–Crippen MR) is 123 cm³/mol. The Kier molecular flexibility index (Phi) is 6.69. The number of rotatable bonds is 5. The van der Waals surface area contributed by atoms with Crippen LogP contribution in [0.25, 0.3) is 10.8 Å². The van der Waals surface area contributed by atoms with Gasteiger partial charge in [0, 0.05) is 60.5 Å². The quantitative estimate of drug-likeness (QED) is 0.500. The standard InChI is InChI=1S/C23H22F4N4O3S/c1-28-35(33,34)21-12-16(3-6-29-21)30-22(32)15-9-14-10-18(24)19(25)13-17(14)20(11-15)31-7-2-4-23(26,27)5-8-31/h3,6,9-13,28H,2,4-5,7-8H2,1H3,(H,29,30,32). The van der Waals surface area contributed by atoms with Gasteiger partial charge in [-0.3, -0.25) is 4.79 Å². The first-order chi connectivity index (χ1) is 16.5. The van der Waals surface area contributed by atoms with Crippen LogP contribution in [0.5, 0.6) is 0 Å². The third-order valence-corrected chi connectivity index (χ3v) is 7.14. The number of fused-ring (bicyclic) bond motifs is 1. The molecule has 1 aliphatic heterocycles. The fraction of sp³-hybridized carbons (Fsp3) is 0.304. The normalized spacial score (nSPS) is 16.2. The zero-order valence-corrected chi connectivity index (χ0v) is 19.4. The van der Waals surface area contributed by atoms with Gasteiger partial charge in [0.1, 0.15) is 0 Å². The third-order valence-electron chi connectivity index (χ3n) is 5.83. The Labute approximate surface area is 199 Å². The number of alkyl halides is 2. The summed E-state index contributed by atoms with van der Waals surface area (Å²) in [7, 11) is -2.63. The number of carbonyl (C=O) groups excluding carboxylic acids is 1. The van der Waals surface area contributed by atoms with Gasteiger partial charge in [0.25, 0.3) is 15.9 Å². The van der Waals surface area contributed by atoms with Crippen molar-refractivity contribution in [2.24, 2.45) is 0 Å². The second kappa shape index (κ2) is 9.42. The topological polar surface area (TPSA) is 91.4 Å². The number of carbonyl (C=O) groups is 1. The van der Waals surface area contributed by atoms with Crippen molar-refractivity contribution >= 4 is 38.1 Å². The van der Waals surface area contributed by atoms with Crippen molar-refractivity contribution < 1.29 is 30.8 Å². The van der Waals surface area contributed by atoms with Gasteiger partial charge in [-0.1, -0.05) is 0 Å². The summed E-state index contributed by atoms with van der Waals surface area (Å²) >= 11 is 0. The van der Waals surface area contributed by atoms with E-state index >= 15 is 0 Å². The van der Waals surface area contributed by atoms with Crippen LogP contribution in [0.4, 0.5) is 28.9 Å². The zero-order chi connectivity index (χ0) is 25.4. The predicted octanol–water partition coefficient (Wildman–Crippen LogP) is 4.30. The fourth-order valence-electron chi connectivity index (χ4n) is 3.98. The van der Waals surface area contributed by atoms with Gasteiger partial charge in [0.2, 0.25) is 5.92 Å². The lowest BCUT2D eigenvalue weighted by atomic mass is 10.0. The second-order valence-corrected chi connectivity index (χ2v) is 10.1. The number of anilines is 2. The van der Waals surface area contributed by atoms with E-state index in [1.807, 2.05) is 0 Å². The molecule has 12 heteroatoms. The maximum absolute atomic E-state index is 14.1. The second-order valence-electron chi connectivity index (χ2n) is 8.22. The third kappa shape index (κ3) is 5.38. The van der Waals surface area contributed by atoms with E-state index in [0.717, 1.165) is 18.2 Å². The average Bonchev–Trinajstić information content (AvgIpc) is 2.99. The minimum Gasteiger partial charge on any atom is -0.371 e. The van der Waals surface area contributed by atoms with Crippen molar-refractivity contribution in [2.45, 2.75) is 30.2 Å². The molecule has 0 saturated carbocycles. The van der Waals surface area contributed by atoms with Crippen molar-refractivity contribution in [2.75, 3.05) is 30.4 Å². The van der Waals surface area contributed by atoms with Crippen LogP contribution in [0.1, 0.15) is 29.6 Å². The number of nitrogens with zero attached hydrogens (tertiary/aromatic N) is 2. The van der Waals surface area contributed by atoms with Crippen LogP contribution in [-0.2, 0) is 10.0 Å². The number of sulfonamides is 1. The number of pyridine rings is 1. The molecule has 1 amide bonds. The molecule has 0 aliphatic carbocycles. The van der Waals surface area contributed by atoms with Crippen molar-refractivity contribution in [1.82, 2.24) is 9.71 Å². The van der Waals surface area contributed by atoms with Crippen molar-refractivity contribution in [3.8, 4) is 0 Å². The number of aromatic nitrogens is 1. The molecule has 186 valence electrons. The first-order valence-electron chi connectivity index (χ1n) is 10.8. The Balaban J connectivity index is 1.73. The van der Waals surface area contributed by atoms with Crippen LogP contribution in [-0.4, -0.2) is 45.4 Å². The molecule has 0 unspecified atom stereocenters. The molecule has 7 nitrogen and oxygen atoms in total. The molecule has 2 N–H and O–H groups in total. The van der Waals surface area contributed by atoms with Gasteiger partial charge in [0.15, 0.2) is 16.7 Å². The Morgan fingerprint density at radius 2 is 1.80 bits per heavy atom. The summed E-state index contributed by atoms with van der Waals surface area (Å²) in [6.45, 7) is 0.228. The van der Waals surface area contributed by atoms with Crippen LogP contribution in [0.2, 0.25) is 0 Å². The van der Waals surface area contributed by atoms with Crippen LogP contribution in [0, 0.1) is 11.6 Å². The number of benzene rings is 2. The first kappa shape index (κ1) is 24.9. The molecular weight excluding hydrogens is 488 g/mol. The average molecular weight is 511 g/mol. The summed E-state index contributed by atoms with van der Waals surface area (Å²) in [5.41, 5.74) is 0.530. The molecule has 1 aromatic heterocycles. The number of halogens is 4. The van der Waals surface area contributed by atoms with Crippen molar-refractivity contribution in [3.63, 3.8) is 0 Å². The molecule has 2 heterocycles. The zero-order valence-electron chi connectivity index (χ0n) is 18.6. The summed E-state index contributed by atoms with van der Waals surface area (Å²) in [6, 6.07) is 7.28. The van der Waals surface area contributed by atoms with Crippen LogP contribution < -0.4 is 14.9 Å². The van der Waals surface area contributed by atoms with Gasteiger partial charge in [0.05, 0.1) is 0 Å². The Hall–Kier alpha value is -3.25. The van der Waals surface area contributed by atoms with Crippen LogP contribution in [0.3, 0.4) is 0 Å². The van der Waals surface area contributed by atoms with Gasteiger partial charge < -0.3 is 10.2 Å². The highest BCUT2D eigenvalue weighted by molar-refractivity contribution is 7.89. The molecule has 3 aromatic rings. The number of hydrogen-bond donors (Lipinski definition) is 2. The maximum Gasteiger partial charge on any atom is 0.257 e. The van der Waals surface area contributed by atoms with Crippen LogP contribution >= 0.6 is 0 Å². The smallest absolute Gasteiger partial charge is 0.257 e. The highest BCUT2D eigenvalue weighted by Crippen LogP contribution is 2.35. The largest absolute Gasteiger partial charge is 0.371 e. The van der Waals surface area contributed by atoms with Crippen LogP contribution in [0.15, 0.2) is 47.6 Å². The molecule has 0 bridgehead atoms. The Morgan fingerprint density at radius 3 is 2.54 bits per heavy atom. The summed E-state index contributed by atoms with van der Waals surface area (Å²) in [5.74, 6) is -5.69. The SMILES string of the molecule is CNS(=O)(=O)c1cc(NC(=O)c2cc(N3CCCC(F)(F)CC3)c3cc(F)c(F)cc3c2)ccn1. The number of hydrogen-bond acceptors (Lipinski definition) is 5. The lowest BCUT2D eigenvalue weighted by molar-refractivity contribution is -0.0102. The van der Waals surface area contributed by atoms with Gasteiger partial charge in [-0.15, -0.1) is 0 Å². The summed E-state index contributed by atoms with van der Waals surface area (Å²) in [6.07, 6.45) is 0.703. The van der Waals surface area contributed by atoms with Crippen molar-refractivity contribution in [3.05, 3.63) is 59.8 Å². The minimum absolute atomic E-state index is 0.0260. The maximum atomic E-state index is 14.1. The lowest BCUT2D eigenvalue weighted by Crippen LogP contribution is -2.26. The van der Waals surface area contributed by atoms with Gasteiger partial charge in [-0.05, 0) is 49.2 Å². The summed E-state index contributed by atoms with van der Waals surface area (Å²) in [5, 5.41) is 2.77. The Morgan fingerprint density at radius 1 is 1.06 bits per heavy atom. The summed E-state index contributed by atoms with van der Waals surface area (Å²) < 4.78 is 82.0. The van der Waals surface area contributed by atoms with E-state index in [2.05, 4.69) is 15.0 Å². The number of nitrogens with one attached hydrogen (secondary N) is 2. The lowest BCUT2D eigenvalue weighted by Gasteiger charge is -2.25. The molecule has 1 fully saturated rings. The van der Waals surface area contributed by atoms with E-state index in [0.29, 0.717) is 5.69 Å². The van der Waals surface area contributed by atoms with Gasteiger partial charge >= 0.3 is 0 Å². The van der Waals surface area contributed by atoms with E-state index in [1.165, 1.54) is 31.4 Å². The molecule has 1 saturated heterocycles. The van der Waals surface area contributed by atoms with E-state index < -0.39 is 39.9 Å².